The second-order valence-electron chi connectivity index (χ2n) is 5.66. The molecule has 0 bridgehead atoms. The lowest BCUT2D eigenvalue weighted by molar-refractivity contribution is -0.000832. The Morgan fingerprint density at radius 3 is 2.50 bits per heavy atom. The zero-order chi connectivity index (χ0) is 16.7. The molecule has 0 spiro atoms. The molecule has 4 rings (SSSR count). The fourth-order valence-electron chi connectivity index (χ4n) is 2.80. The molecule has 2 aliphatic heterocycles. The fourth-order valence-corrected chi connectivity index (χ4v) is 4.37. The molecule has 0 saturated heterocycles. The summed E-state index contributed by atoms with van der Waals surface area (Å²) in [5.74, 6) is 0. The highest BCUT2D eigenvalue weighted by molar-refractivity contribution is 8.29. The third kappa shape index (κ3) is 2.78. The van der Waals surface area contributed by atoms with Gasteiger partial charge in [0.15, 0.2) is 10.0 Å². The van der Waals surface area contributed by atoms with E-state index >= 15 is 0 Å². The van der Waals surface area contributed by atoms with E-state index < -0.39 is 5.72 Å². The summed E-state index contributed by atoms with van der Waals surface area (Å²) in [5, 5.41) is 17.9. The first-order chi connectivity index (χ1) is 11.5. The smallest absolute Gasteiger partial charge is 0.186 e. The van der Waals surface area contributed by atoms with Gasteiger partial charge in [0.05, 0.1) is 5.71 Å². The summed E-state index contributed by atoms with van der Waals surface area (Å²) in [6, 6.07) is 17.4. The Kier molecular flexibility index (Phi) is 3.96. The van der Waals surface area contributed by atoms with Crippen LogP contribution in [-0.4, -0.2) is 25.9 Å². The standard InChI is InChI=1S/C18H13ClN2OS2/c19-14-8-6-12(7-9-14)15-10-18(22)11-16(13-4-2-1-3-5-13)24-17(23)21(18)20-15/h1-9,11,22H,10H2. The molecule has 1 N–H and O–H groups in total. The van der Waals surface area contributed by atoms with E-state index in [0.717, 1.165) is 21.7 Å². The van der Waals surface area contributed by atoms with Crippen LogP contribution in [0, 0.1) is 0 Å². The zero-order valence-corrected chi connectivity index (χ0v) is 14.9. The molecule has 0 radical (unpaired) electrons. The topological polar surface area (TPSA) is 35.8 Å². The Bertz CT molecular complexity index is 864. The second kappa shape index (κ2) is 6.01. The maximum absolute atomic E-state index is 11.1. The highest BCUT2D eigenvalue weighted by atomic mass is 35.5. The van der Waals surface area contributed by atoms with Crippen molar-refractivity contribution < 1.29 is 5.11 Å². The van der Waals surface area contributed by atoms with Crippen LogP contribution in [0.1, 0.15) is 17.5 Å². The number of halogens is 1. The largest absolute Gasteiger partial charge is 0.365 e. The number of nitrogens with zero attached hydrogens (tertiary/aromatic N) is 2. The Morgan fingerprint density at radius 2 is 1.79 bits per heavy atom. The molecule has 0 fully saturated rings. The van der Waals surface area contributed by atoms with E-state index in [1.165, 1.54) is 16.8 Å². The van der Waals surface area contributed by atoms with Gasteiger partial charge in [-0.1, -0.05) is 78.0 Å². The predicted octanol–water partition coefficient (Wildman–Crippen LogP) is 4.51. The highest BCUT2D eigenvalue weighted by Crippen LogP contribution is 2.43. The number of benzene rings is 2. The van der Waals surface area contributed by atoms with Crippen molar-refractivity contribution in [2.45, 2.75) is 12.1 Å². The Balaban J connectivity index is 1.70. The third-order valence-corrected chi connectivity index (χ3v) is 5.58. The minimum Gasteiger partial charge on any atom is -0.365 e. The second-order valence-corrected chi connectivity index (χ2v) is 7.78. The van der Waals surface area contributed by atoms with Gasteiger partial charge >= 0.3 is 0 Å². The molecule has 6 heteroatoms. The van der Waals surface area contributed by atoms with E-state index in [4.69, 9.17) is 23.8 Å². The van der Waals surface area contributed by atoms with Crippen molar-refractivity contribution in [2.75, 3.05) is 0 Å². The summed E-state index contributed by atoms with van der Waals surface area (Å²) >= 11 is 12.9. The molecule has 2 aliphatic rings. The Labute approximate surface area is 154 Å². The van der Waals surface area contributed by atoms with Gasteiger partial charge in [-0.05, 0) is 29.3 Å². The average Bonchev–Trinajstić information content (AvgIpc) is 2.94. The normalized spacial score (nSPS) is 22.9. The van der Waals surface area contributed by atoms with Crippen molar-refractivity contribution in [1.29, 1.82) is 0 Å². The third-order valence-electron chi connectivity index (χ3n) is 3.98. The van der Waals surface area contributed by atoms with Gasteiger partial charge in [0.2, 0.25) is 0 Å². The maximum Gasteiger partial charge on any atom is 0.186 e. The molecule has 2 aromatic carbocycles. The molecule has 2 aromatic rings. The van der Waals surface area contributed by atoms with Crippen molar-refractivity contribution in [1.82, 2.24) is 5.01 Å². The lowest BCUT2D eigenvalue weighted by Crippen LogP contribution is -2.44. The van der Waals surface area contributed by atoms with Crippen LogP contribution in [0.15, 0.2) is 65.8 Å². The summed E-state index contributed by atoms with van der Waals surface area (Å²) < 4.78 is 0.544. The van der Waals surface area contributed by atoms with Crippen LogP contribution in [-0.2, 0) is 0 Å². The number of fused-ring (bicyclic) bond motifs is 1. The molecule has 3 nitrogen and oxygen atoms in total. The lowest BCUT2D eigenvalue weighted by atomic mass is 10.00. The zero-order valence-electron chi connectivity index (χ0n) is 12.5. The molecule has 0 saturated carbocycles. The van der Waals surface area contributed by atoms with Gasteiger partial charge in [0, 0.05) is 16.3 Å². The van der Waals surface area contributed by atoms with Crippen molar-refractivity contribution >= 4 is 50.5 Å². The van der Waals surface area contributed by atoms with Crippen LogP contribution in [0.3, 0.4) is 0 Å². The predicted molar refractivity (Wildman–Crippen MR) is 104 cm³/mol. The van der Waals surface area contributed by atoms with Crippen molar-refractivity contribution in [2.24, 2.45) is 5.10 Å². The van der Waals surface area contributed by atoms with Gasteiger partial charge in [-0.15, -0.1) is 0 Å². The van der Waals surface area contributed by atoms with Crippen LogP contribution in [0.5, 0.6) is 0 Å². The molecular formula is C18H13ClN2OS2. The van der Waals surface area contributed by atoms with Gasteiger partial charge in [-0.2, -0.15) is 5.10 Å². The average molecular weight is 373 g/mol. The van der Waals surface area contributed by atoms with Crippen LogP contribution in [0.2, 0.25) is 5.02 Å². The van der Waals surface area contributed by atoms with Gasteiger partial charge in [-0.25, -0.2) is 5.01 Å². The molecule has 1 unspecified atom stereocenters. The summed E-state index contributed by atoms with van der Waals surface area (Å²) in [5.41, 5.74) is 1.55. The Hall–Kier alpha value is -1.66. The van der Waals surface area contributed by atoms with Gasteiger partial charge in [0.25, 0.3) is 0 Å². The summed E-state index contributed by atoms with van der Waals surface area (Å²) in [6.07, 6.45) is 2.22. The van der Waals surface area contributed by atoms with Crippen LogP contribution >= 0.6 is 35.6 Å². The molecule has 1 atom stereocenters. The SMILES string of the molecule is OC12C=C(c3ccccc3)SC(=S)N1N=C(c1ccc(Cl)cc1)C2. The number of hydrogen-bond donors (Lipinski definition) is 1. The molecule has 2 heterocycles. The number of hydrogen-bond acceptors (Lipinski definition) is 4. The van der Waals surface area contributed by atoms with Crippen LogP contribution in [0.4, 0.5) is 0 Å². The molecule has 0 aromatic heterocycles. The van der Waals surface area contributed by atoms with E-state index in [1.807, 2.05) is 60.7 Å². The minimum absolute atomic E-state index is 0.381. The van der Waals surface area contributed by atoms with Crippen molar-refractivity contribution in [3.8, 4) is 0 Å². The van der Waals surface area contributed by atoms with Crippen molar-refractivity contribution in [3.63, 3.8) is 0 Å². The first kappa shape index (κ1) is 15.8. The highest BCUT2D eigenvalue weighted by Gasteiger charge is 2.45. The first-order valence-corrected chi connectivity index (χ1v) is 9.01. The number of hydrazone groups is 1. The number of thiocarbonyl (C=S) groups is 1. The quantitative estimate of drug-likeness (QED) is 0.787. The maximum atomic E-state index is 11.1. The minimum atomic E-state index is -1.22. The molecule has 120 valence electrons. The number of aliphatic hydroxyl groups is 1. The summed E-state index contributed by atoms with van der Waals surface area (Å²) in [7, 11) is 0. The number of thioether (sulfide) groups is 1. The van der Waals surface area contributed by atoms with Gasteiger partial charge < -0.3 is 5.11 Å². The van der Waals surface area contributed by atoms with Crippen LogP contribution < -0.4 is 0 Å². The van der Waals surface area contributed by atoms with E-state index in [1.54, 1.807) is 0 Å². The van der Waals surface area contributed by atoms with E-state index in [2.05, 4.69) is 5.10 Å². The summed E-state index contributed by atoms with van der Waals surface area (Å²) in [6.45, 7) is 0. The van der Waals surface area contributed by atoms with Crippen LogP contribution in [0.25, 0.3) is 4.91 Å². The monoisotopic (exact) mass is 372 g/mol. The molecule has 0 amide bonds. The van der Waals surface area contributed by atoms with Crippen molar-refractivity contribution in [3.05, 3.63) is 76.8 Å². The van der Waals surface area contributed by atoms with E-state index in [9.17, 15) is 5.11 Å². The molecule has 24 heavy (non-hydrogen) atoms. The van der Waals surface area contributed by atoms with E-state index in [-0.39, 0.29) is 0 Å². The Morgan fingerprint density at radius 1 is 1.08 bits per heavy atom. The van der Waals surface area contributed by atoms with E-state index in [0.29, 0.717) is 15.8 Å². The van der Waals surface area contributed by atoms with Gasteiger partial charge in [-0.3, -0.25) is 0 Å². The first-order valence-electron chi connectivity index (χ1n) is 7.41. The lowest BCUT2D eigenvalue weighted by Gasteiger charge is -2.34. The molecule has 0 aliphatic carbocycles. The fraction of sp³-hybridized carbons (Fsp3) is 0.111. The summed E-state index contributed by atoms with van der Waals surface area (Å²) in [4.78, 5) is 0.951. The number of rotatable bonds is 2. The molecular weight excluding hydrogens is 360 g/mol. The van der Waals surface area contributed by atoms with Gasteiger partial charge in [0.1, 0.15) is 0 Å².